The van der Waals surface area contributed by atoms with Crippen LogP contribution in [-0.4, -0.2) is 45.3 Å². The number of rotatable bonds is 7. The van der Waals surface area contributed by atoms with E-state index in [0.717, 1.165) is 16.5 Å². The van der Waals surface area contributed by atoms with Gasteiger partial charge in [-0.15, -0.1) is 0 Å². The van der Waals surface area contributed by atoms with Crippen molar-refractivity contribution in [1.29, 1.82) is 0 Å². The van der Waals surface area contributed by atoms with Crippen molar-refractivity contribution in [3.8, 4) is 5.75 Å². The largest absolute Gasteiger partial charge is 0.507 e. The van der Waals surface area contributed by atoms with Gasteiger partial charge in [-0.1, -0.05) is 12.1 Å². The van der Waals surface area contributed by atoms with Gasteiger partial charge in [-0.05, 0) is 60.0 Å². The first kappa shape index (κ1) is 24.7. The number of hydrogen-bond donors (Lipinski definition) is 2. The van der Waals surface area contributed by atoms with E-state index < -0.39 is 34.2 Å². The molecule has 0 unspecified atom stereocenters. The lowest BCUT2D eigenvalue weighted by atomic mass is 9.95. The van der Waals surface area contributed by atoms with E-state index in [9.17, 15) is 29.2 Å². The summed E-state index contributed by atoms with van der Waals surface area (Å²) >= 11 is 0. The van der Waals surface area contributed by atoms with Gasteiger partial charge in [-0.3, -0.25) is 19.7 Å². The van der Waals surface area contributed by atoms with Crippen LogP contribution in [0.1, 0.15) is 22.7 Å². The average Bonchev–Trinajstić information content (AvgIpc) is 3.44. The van der Waals surface area contributed by atoms with Crippen molar-refractivity contribution in [3.63, 3.8) is 0 Å². The van der Waals surface area contributed by atoms with Gasteiger partial charge in [-0.25, -0.2) is 4.39 Å². The molecule has 1 aliphatic rings. The number of carbonyl (C=O) groups is 2. The molecule has 0 spiro atoms. The third-order valence-electron chi connectivity index (χ3n) is 6.67. The molecule has 1 fully saturated rings. The van der Waals surface area contributed by atoms with Gasteiger partial charge in [0.05, 0.1) is 23.6 Å². The molecule has 2 N–H and O–H groups in total. The summed E-state index contributed by atoms with van der Waals surface area (Å²) in [6, 6.07) is 15.0. The summed E-state index contributed by atoms with van der Waals surface area (Å²) in [4.78, 5) is 41.4. The fraction of sp³-hybridized carbons (Fsp3) is 0.143. The smallest absolute Gasteiger partial charge is 0.295 e. The number of aliphatic hydroxyl groups is 1. The number of Topliss-reactive ketones (excluding diaryl/α,β-unsaturated/α-hetero) is 1. The predicted molar refractivity (Wildman–Crippen MR) is 137 cm³/mol. The van der Waals surface area contributed by atoms with Crippen LogP contribution in [0.15, 0.2) is 78.5 Å². The van der Waals surface area contributed by atoms with E-state index in [2.05, 4.69) is 4.98 Å². The molecule has 0 aliphatic carbocycles. The topological polar surface area (TPSA) is 126 Å². The van der Waals surface area contributed by atoms with E-state index in [1.807, 2.05) is 24.4 Å². The number of methoxy groups -OCH3 is 1. The van der Waals surface area contributed by atoms with Crippen molar-refractivity contribution in [2.45, 2.75) is 12.5 Å². The second kappa shape index (κ2) is 9.81. The number of nitro benzene ring substituents is 1. The van der Waals surface area contributed by atoms with Crippen LogP contribution in [0.4, 0.5) is 10.1 Å². The van der Waals surface area contributed by atoms with Crippen molar-refractivity contribution >= 4 is 34.0 Å². The van der Waals surface area contributed by atoms with Crippen molar-refractivity contribution in [2.75, 3.05) is 13.7 Å². The summed E-state index contributed by atoms with van der Waals surface area (Å²) in [5, 5.41) is 23.0. The van der Waals surface area contributed by atoms with Crippen LogP contribution in [0.2, 0.25) is 0 Å². The lowest BCUT2D eigenvalue weighted by Gasteiger charge is -2.25. The highest BCUT2D eigenvalue weighted by Crippen LogP contribution is 2.40. The molecule has 4 aromatic rings. The minimum atomic E-state index is -0.981. The number of non-ortho nitro benzene ring substituents is 1. The molecule has 1 amide bonds. The van der Waals surface area contributed by atoms with Crippen molar-refractivity contribution < 1.29 is 28.7 Å². The lowest BCUT2D eigenvalue weighted by molar-refractivity contribution is -0.384. The van der Waals surface area contributed by atoms with Crippen LogP contribution < -0.4 is 4.74 Å². The number of aliphatic hydroxyl groups excluding tert-OH is 1. The molecule has 1 aliphatic heterocycles. The third-order valence-corrected chi connectivity index (χ3v) is 6.67. The van der Waals surface area contributed by atoms with Gasteiger partial charge in [0.1, 0.15) is 17.3 Å². The number of aromatic amines is 1. The first-order chi connectivity index (χ1) is 18.3. The first-order valence-corrected chi connectivity index (χ1v) is 11.7. The minimum Gasteiger partial charge on any atom is -0.507 e. The predicted octanol–water partition coefficient (Wildman–Crippen LogP) is 4.89. The molecule has 9 nitrogen and oxygen atoms in total. The number of likely N-dealkylation sites (tertiary alicyclic amines) is 1. The molecule has 2 heterocycles. The molecule has 5 rings (SSSR count). The Balaban J connectivity index is 1.54. The van der Waals surface area contributed by atoms with Crippen LogP contribution in [0.3, 0.4) is 0 Å². The van der Waals surface area contributed by atoms with E-state index in [1.165, 1.54) is 53.4 Å². The fourth-order valence-corrected chi connectivity index (χ4v) is 4.73. The second-order valence-corrected chi connectivity index (χ2v) is 8.82. The lowest BCUT2D eigenvalue weighted by Crippen LogP contribution is -2.31. The van der Waals surface area contributed by atoms with Crippen LogP contribution in [0.5, 0.6) is 5.75 Å². The van der Waals surface area contributed by atoms with E-state index in [0.29, 0.717) is 17.7 Å². The van der Waals surface area contributed by atoms with Crippen LogP contribution >= 0.6 is 0 Å². The quantitative estimate of drug-likeness (QED) is 0.119. The molecule has 192 valence electrons. The fourth-order valence-electron chi connectivity index (χ4n) is 4.73. The molecule has 1 aromatic heterocycles. The van der Waals surface area contributed by atoms with Gasteiger partial charge in [0, 0.05) is 41.3 Å². The Morgan fingerprint density at radius 3 is 2.47 bits per heavy atom. The number of nitrogens with one attached hydrogen (secondary N) is 1. The van der Waals surface area contributed by atoms with Gasteiger partial charge < -0.3 is 19.7 Å². The summed E-state index contributed by atoms with van der Waals surface area (Å²) in [6.07, 6.45) is 2.21. The summed E-state index contributed by atoms with van der Waals surface area (Å²) in [5.74, 6) is -1.98. The third kappa shape index (κ3) is 4.36. The zero-order chi connectivity index (χ0) is 27.0. The standard InChI is InChI=1S/C28H22FN3O6/c1-38-21-10-11-23-22(14-21)18(15-30-23)12-13-31-25(16-2-6-19(29)7-3-16)24(27(34)28(31)35)26(33)17-4-8-20(9-5-17)32(36)37/h2-11,14-15,25,30,33H,12-13H2,1H3/t25-/m0/s1. The Hall–Kier alpha value is -4.99. The highest BCUT2D eigenvalue weighted by atomic mass is 19.1. The average molecular weight is 515 g/mol. The van der Waals surface area contributed by atoms with Crippen LogP contribution in [0.25, 0.3) is 16.7 Å². The molecule has 38 heavy (non-hydrogen) atoms. The zero-order valence-corrected chi connectivity index (χ0v) is 20.2. The number of fused-ring (bicyclic) bond motifs is 1. The van der Waals surface area contributed by atoms with Crippen molar-refractivity contribution in [1.82, 2.24) is 9.88 Å². The Kier molecular flexibility index (Phi) is 6.38. The summed E-state index contributed by atoms with van der Waals surface area (Å²) < 4.78 is 19.0. The Morgan fingerprint density at radius 2 is 1.82 bits per heavy atom. The summed E-state index contributed by atoms with van der Waals surface area (Å²) in [7, 11) is 1.57. The number of halogens is 1. The number of benzene rings is 3. The number of aromatic nitrogens is 1. The van der Waals surface area contributed by atoms with E-state index >= 15 is 0 Å². The number of ketones is 1. The first-order valence-electron chi connectivity index (χ1n) is 11.7. The van der Waals surface area contributed by atoms with Crippen molar-refractivity contribution in [3.05, 3.63) is 111 Å². The molecule has 0 radical (unpaired) electrons. The van der Waals surface area contributed by atoms with Gasteiger partial charge in [0.25, 0.3) is 17.4 Å². The van der Waals surface area contributed by atoms with Gasteiger partial charge in [0.15, 0.2) is 0 Å². The number of nitro groups is 1. The normalized spacial score (nSPS) is 16.8. The summed E-state index contributed by atoms with van der Waals surface area (Å²) in [6.45, 7) is 0.133. The maximum atomic E-state index is 13.7. The molecule has 1 atom stereocenters. The van der Waals surface area contributed by atoms with Crippen LogP contribution in [0, 0.1) is 15.9 Å². The molecule has 0 saturated carbocycles. The Labute approximate surface area is 215 Å². The highest BCUT2D eigenvalue weighted by molar-refractivity contribution is 6.46. The Bertz CT molecular complexity index is 1590. The number of hydrogen-bond acceptors (Lipinski definition) is 6. The SMILES string of the molecule is COc1ccc2[nH]cc(CCN3C(=O)C(=O)C(=C(O)c4ccc([N+](=O)[O-])cc4)[C@@H]3c3ccc(F)cc3)c2c1. The molecular weight excluding hydrogens is 493 g/mol. The maximum Gasteiger partial charge on any atom is 0.295 e. The Morgan fingerprint density at radius 1 is 1.11 bits per heavy atom. The number of ether oxygens (including phenoxy) is 1. The number of H-pyrrole nitrogens is 1. The maximum absolute atomic E-state index is 13.7. The van der Waals surface area contributed by atoms with Gasteiger partial charge >= 0.3 is 0 Å². The number of nitrogens with zero attached hydrogens (tertiary/aromatic N) is 2. The number of amides is 1. The van der Waals surface area contributed by atoms with Gasteiger partial charge in [0.2, 0.25) is 0 Å². The highest BCUT2D eigenvalue weighted by Gasteiger charge is 2.45. The molecule has 10 heteroatoms. The summed E-state index contributed by atoms with van der Waals surface area (Å²) in [5.41, 5.74) is 2.01. The molecule has 0 bridgehead atoms. The zero-order valence-electron chi connectivity index (χ0n) is 20.2. The van der Waals surface area contributed by atoms with Gasteiger partial charge in [-0.2, -0.15) is 0 Å². The van der Waals surface area contributed by atoms with E-state index in [4.69, 9.17) is 4.74 Å². The van der Waals surface area contributed by atoms with E-state index in [-0.39, 0.29) is 23.4 Å². The number of carbonyl (C=O) groups excluding carboxylic acids is 2. The van der Waals surface area contributed by atoms with E-state index in [1.54, 1.807) is 7.11 Å². The monoisotopic (exact) mass is 515 g/mol. The second-order valence-electron chi connectivity index (χ2n) is 8.82. The molecule has 1 saturated heterocycles. The minimum absolute atomic E-state index is 0.133. The van der Waals surface area contributed by atoms with Crippen LogP contribution in [-0.2, 0) is 16.0 Å². The van der Waals surface area contributed by atoms with Crippen molar-refractivity contribution in [2.24, 2.45) is 0 Å². The molecule has 3 aromatic carbocycles. The molecular formula is C28H22FN3O6.